The van der Waals surface area contributed by atoms with E-state index in [1.807, 2.05) is 0 Å². The second-order valence-electron chi connectivity index (χ2n) is 0. The summed E-state index contributed by atoms with van der Waals surface area (Å²) in [5.41, 5.74) is 0. The first-order valence-electron chi connectivity index (χ1n) is 0. The van der Waals surface area contributed by atoms with Gasteiger partial charge in [-0.1, -0.05) is 0 Å². The third-order valence-electron chi connectivity index (χ3n) is 0. The maximum atomic E-state index is 0. The van der Waals surface area contributed by atoms with Crippen molar-refractivity contribution in [1.29, 1.82) is 0 Å². The van der Waals surface area contributed by atoms with Crippen LogP contribution in [0.4, 0.5) is 0 Å². The smallest absolute Gasteiger partial charge is 1.00 e. The first kappa shape index (κ1) is 27.8. The molecule has 0 bridgehead atoms. The van der Waals surface area contributed by atoms with Crippen LogP contribution in [-0.2, 0) is 33.6 Å². The van der Waals surface area contributed by atoms with E-state index >= 15 is 0 Å². The van der Waals surface area contributed by atoms with Gasteiger partial charge in [-0.05, 0) is 0 Å². The minimum Gasteiger partial charge on any atom is -1.00 e. The van der Waals surface area contributed by atoms with Crippen molar-refractivity contribution in [3.63, 3.8) is 0 Å². The molecule has 0 fully saturated rings. The molecular weight excluding hydrogens is 178 g/mol. The molecule has 4 heavy (non-hydrogen) atoms. The van der Waals surface area contributed by atoms with Crippen LogP contribution in [0.2, 0.25) is 0 Å². The van der Waals surface area contributed by atoms with Gasteiger partial charge in [0, 0.05) is 33.6 Å². The summed E-state index contributed by atoms with van der Waals surface area (Å²) in [7, 11) is 0. The van der Waals surface area contributed by atoms with Gasteiger partial charge in [0.15, 0.2) is 0 Å². The fourth-order valence-electron chi connectivity index (χ4n) is 0. The van der Waals surface area contributed by atoms with Crippen LogP contribution in [0.15, 0.2) is 0 Å². The Labute approximate surface area is 98.3 Å². The van der Waals surface area contributed by atoms with Gasteiger partial charge in [-0.3, -0.25) is 0 Å². The van der Waals surface area contributed by atoms with Gasteiger partial charge in [0.2, 0.25) is 0 Å². The van der Waals surface area contributed by atoms with E-state index in [1.165, 1.54) is 0 Å². The standard InChI is InChI=1S/Ca.Mg.Mn.Ni.4H/q2*+2;;;4*-1. The molecule has 0 N–H and O–H groups in total. The van der Waals surface area contributed by atoms with E-state index in [9.17, 15) is 0 Å². The normalized spacial score (nSPS) is 0. The minimum atomic E-state index is 0. The number of hydrogen-bond acceptors (Lipinski definition) is 0. The maximum Gasteiger partial charge on any atom is 2.00 e. The molecule has 0 spiro atoms. The second-order valence-corrected chi connectivity index (χ2v) is 0. The summed E-state index contributed by atoms with van der Waals surface area (Å²) in [5, 5.41) is 0. The van der Waals surface area contributed by atoms with Crippen molar-refractivity contribution >= 4 is 60.8 Å². The summed E-state index contributed by atoms with van der Waals surface area (Å²) in [5.74, 6) is 0. The van der Waals surface area contributed by atoms with E-state index in [-0.39, 0.29) is 100 Å². The molecule has 0 aromatic rings. The van der Waals surface area contributed by atoms with Crippen molar-refractivity contribution in [1.82, 2.24) is 0 Å². The molecule has 0 saturated heterocycles. The third-order valence-corrected chi connectivity index (χ3v) is 0. The summed E-state index contributed by atoms with van der Waals surface area (Å²) < 4.78 is 0. The van der Waals surface area contributed by atoms with Gasteiger partial charge >= 0.3 is 60.8 Å². The summed E-state index contributed by atoms with van der Waals surface area (Å²) >= 11 is 0. The Kier molecular flexibility index (Phi) is 115. The van der Waals surface area contributed by atoms with Crippen LogP contribution in [0, 0.1) is 0 Å². The molecule has 25 valence electrons. The molecule has 0 atom stereocenters. The zero-order valence-electron chi connectivity index (χ0n) is 6.11. The monoisotopic (exact) mass is 181 g/mol. The minimum absolute atomic E-state index is 0. The molecule has 0 aliphatic rings. The molecule has 4 heteroatoms. The Morgan fingerprint density at radius 3 is 1.25 bits per heavy atom. The Bertz CT molecular complexity index is 16.0. The van der Waals surface area contributed by atoms with Crippen LogP contribution in [0.1, 0.15) is 5.71 Å². The maximum absolute atomic E-state index is 0. The molecule has 0 rings (SSSR count). The quantitative estimate of drug-likeness (QED) is 0.450. The molecular formula is H4CaMgMnNi. The van der Waals surface area contributed by atoms with Gasteiger partial charge < -0.3 is 5.71 Å². The van der Waals surface area contributed by atoms with Gasteiger partial charge in [-0.25, -0.2) is 0 Å². The predicted molar refractivity (Wildman–Crippen MR) is 16.0 cm³/mol. The first-order chi connectivity index (χ1) is 0. The Morgan fingerprint density at radius 2 is 1.25 bits per heavy atom. The van der Waals surface area contributed by atoms with E-state index in [0.29, 0.717) is 0 Å². The van der Waals surface area contributed by atoms with Crippen LogP contribution in [0.3, 0.4) is 0 Å². The number of rotatable bonds is 0. The predicted octanol–water partition coefficient (Wildman–Crippen LogP) is -0.317. The summed E-state index contributed by atoms with van der Waals surface area (Å²) in [6.45, 7) is 0. The molecule has 1 radical (unpaired) electrons. The molecule has 0 aliphatic heterocycles. The Hall–Kier alpha value is 3.04. The third kappa shape index (κ3) is 8.90. The van der Waals surface area contributed by atoms with Crippen LogP contribution < -0.4 is 0 Å². The van der Waals surface area contributed by atoms with Crippen LogP contribution in [0.25, 0.3) is 0 Å². The molecule has 0 nitrogen and oxygen atoms in total. The fourth-order valence-corrected chi connectivity index (χ4v) is 0. The molecule has 0 heterocycles. The average Bonchev–Trinajstić information content (AvgIpc) is 0. The molecule has 0 aliphatic carbocycles. The van der Waals surface area contributed by atoms with Crippen molar-refractivity contribution in [2.24, 2.45) is 0 Å². The summed E-state index contributed by atoms with van der Waals surface area (Å²) in [6.07, 6.45) is 0. The van der Waals surface area contributed by atoms with Crippen molar-refractivity contribution in [3.05, 3.63) is 0 Å². The van der Waals surface area contributed by atoms with Gasteiger partial charge in [-0.15, -0.1) is 0 Å². The van der Waals surface area contributed by atoms with Crippen LogP contribution in [0.5, 0.6) is 0 Å². The molecule has 0 amide bonds. The molecule has 0 aromatic heterocycles. The largest absolute Gasteiger partial charge is 2.00 e. The summed E-state index contributed by atoms with van der Waals surface area (Å²) in [4.78, 5) is 0. The van der Waals surface area contributed by atoms with E-state index in [2.05, 4.69) is 0 Å². The van der Waals surface area contributed by atoms with Crippen LogP contribution >= 0.6 is 0 Å². The fraction of sp³-hybridized carbons (Fsp3) is 0. The average molecular weight is 182 g/mol. The molecule has 0 aromatic carbocycles. The zero-order valence-corrected chi connectivity index (χ0v) is 7.90. The SMILES string of the molecule is [Ca+2].[H-].[H-].[H-].[H-].[Mg+2].[Mn].[Ni]. The zero-order chi connectivity index (χ0) is 0. The Balaban J connectivity index is 0. The topological polar surface area (TPSA) is 0 Å². The van der Waals surface area contributed by atoms with Gasteiger partial charge in [0.1, 0.15) is 0 Å². The van der Waals surface area contributed by atoms with Crippen molar-refractivity contribution in [2.45, 2.75) is 0 Å². The van der Waals surface area contributed by atoms with Gasteiger partial charge in [0.25, 0.3) is 0 Å². The van der Waals surface area contributed by atoms with E-state index in [1.54, 1.807) is 0 Å². The Morgan fingerprint density at radius 1 is 1.25 bits per heavy atom. The molecule has 0 unspecified atom stereocenters. The summed E-state index contributed by atoms with van der Waals surface area (Å²) in [6, 6.07) is 0. The second kappa shape index (κ2) is 16.6. The van der Waals surface area contributed by atoms with Gasteiger partial charge in [-0.2, -0.15) is 0 Å². The van der Waals surface area contributed by atoms with Crippen molar-refractivity contribution in [3.8, 4) is 0 Å². The van der Waals surface area contributed by atoms with E-state index < -0.39 is 0 Å². The number of hydrogen-bond donors (Lipinski definition) is 0. The first-order valence-corrected chi connectivity index (χ1v) is 0. The van der Waals surface area contributed by atoms with Crippen LogP contribution in [-0.4, -0.2) is 60.8 Å². The molecule has 0 saturated carbocycles. The van der Waals surface area contributed by atoms with E-state index in [0.717, 1.165) is 0 Å². The van der Waals surface area contributed by atoms with Crippen molar-refractivity contribution in [2.75, 3.05) is 0 Å². The van der Waals surface area contributed by atoms with Gasteiger partial charge in [0.05, 0.1) is 0 Å². The van der Waals surface area contributed by atoms with Crippen molar-refractivity contribution < 1.29 is 39.3 Å². The van der Waals surface area contributed by atoms with E-state index in [4.69, 9.17) is 0 Å².